The number of carbonyl (C=O) groups is 2. The molecule has 4 heteroatoms. The molecule has 45 valence electrons. The highest BCUT2D eigenvalue weighted by Gasteiger charge is 1.95. The number of carbonyl (C=O) groups excluding carboxylic acids is 2. The van der Waals surface area contributed by atoms with Gasteiger partial charge in [-0.15, -0.1) is 0 Å². The molecule has 1 radical (unpaired) electrons. The highest BCUT2D eigenvalue weighted by atomic mass is 16.5. The van der Waals surface area contributed by atoms with Crippen molar-refractivity contribution in [3.05, 3.63) is 6.54 Å². The van der Waals surface area contributed by atoms with Gasteiger partial charge < -0.3 is 10.1 Å². The standard InChI is InChI=1S/C4H6NO3/c1-8-4(7)2-5-3-6/h2-3H,1H3,(H,5,6). The first-order chi connectivity index (χ1) is 3.81. The van der Waals surface area contributed by atoms with E-state index in [2.05, 4.69) is 4.74 Å². The van der Waals surface area contributed by atoms with Crippen molar-refractivity contribution in [1.82, 2.24) is 5.32 Å². The van der Waals surface area contributed by atoms with E-state index in [0.29, 0.717) is 6.41 Å². The van der Waals surface area contributed by atoms with Crippen LogP contribution in [0.5, 0.6) is 0 Å². The van der Waals surface area contributed by atoms with E-state index in [1.165, 1.54) is 7.11 Å². The van der Waals surface area contributed by atoms with Crippen LogP contribution in [0.25, 0.3) is 0 Å². The molecule has 0 spiro atoms. The lowest BCUT2D eigenvalue weighted by Gasteiger charge is -1.92. The molecule has 0 aromatic carbocycles. The number of rotatable bonds is 3. The number of hydrogen-bond acceptors (Lipinski definition) is 3. The Morgan fingerprint density at radius 2 is 2.38 bits per heavy atom. The van der Waals surface area contributed by atoms with Gasteiger partial charge in [0.2, 0.25) is 6.41 Å². The molecule has 4 nitrogen and oxygen atoms in total. The van der Waals surface area contributed by atoms with E-state index in [1.807, 2.05) is 5.32 Å². The van der Waals surface area contributed by atoms with Gasteiger partial charge in [-0.1, -0.05) is 0 Å². The lowest BCUT2D eigenvalue weighted by Crippen LogP contribution is -2.15. The summed E-state index contributed by atoms with van der Waals surface area (Å²) in [6, 6.07) is 0. The summed E-state index contributed by atoms with van der Waals surface area (Å²) in [6.45, 7) is 0.924. The predicted molar refractivity (Wildman–Crippen MR) is 25.5 cm³/mol. The normalized spacial score (nSPS) is 7.62. The molecule has 0 aliphatic carbocycles. The Morgan fingerprint density at radius 3 is 2.75 bits per heavy atom. The molecule has 0 rings (SSSR count). The molecule has 0 atom stereocenters. The van der Waals surface area contributed by atoms with Gasteiger partial charge in [-0.05, 0) is 0 Å². The average molecular weight is 116 g/mol. The maximum atomic E-state index is 10.1. The minimum Gasteiger partial charge on any atom is -0.467 e. The van der Waals surface area contributed by atoms with Crippen molar-refractivity contribution in [2.24, 2.45) is 0 Å². The molecule has 0 saturated heterocycles. The quantitative estimate of drug-likeness (QED) is 0.382. The monoisotopic (exact) mass is 116 g/mol. The number of amides is 1. The number of ether oxygens (including phenoxy) is 1. The largest absolute Gasteiger partial charge is 0.467 e. The first-order valence-electron chi connectivity index (χ1n) is 1.92. The maximum absolute atomic E-state index is 10.1. The van der Waals surface area contributed by atoms with Gasteiger partial charge in [-0.25, -0.2) is 4.79 Å². The molecule has 0 aromatic rings. The van der Waals surface area contributed by atoms with Crippen LogP contribution in [-0.4, -0.2) is 19.5 Å². The van der Waals surface area contributed by atoms with E-state index in [1.54, 1.807) is 0 Å². The van der Waals surface area contributed by atoms with Crippen LogP contribution in [-0.2, 0) is 14.3 Å². The first kappa shape index (κ1) is 6.94. The lowest BCUT2D eigenvalue weighted by atomic mass is 10.7. The van der Waals surface area contributed by atoms with Gasteiger partial charge in [0.05, 0.1) is 7.11 Å². The minimum absolute atomic E-state index is 0.386. The van der Waals surface area contributed by atoms with E-state index in [-0.39, 0.29) is 0 Å². The Hall–Kier alpha value is -1.06. The zero-order valence-corrected chi connectivity index (χ0v) is 4.38. The summed E-state index contributed by atoms with van der Waals surface area (Å²) in [6.07, 6.45) is 0.386. The van der Waals surface area contributed by atoms with Crippen molar-refractivity contribution >= 4 is 12.4 Å². The SMILES string of the molecule is COC(=O)[CH]NC=O. The van der Waals surface area contributed by atoms with Crippen molar-refractivity contribution in [1.29, 1.82) is 0 Å². The predicted octanol–water partition coefficient (Wildman–Crippen LogP) is -0.933. The van der Waals surface area contributed by atoms with E-state index >= 15 is 0 Å². The minimum atomic E-state index is -0.572. The number of hydrogen-bond donors (Lipinski definition) is 1. The molecule has 1 N–H and O–H groups in total. The molecule has 0 bridgehead atoms. The second kappa shape index (κ2) is 4.11. The van der Waals surface area contributed by atoms with Gasteiger partial charge in [-0.3, -0.25) is 4.79 Å². The molecule has 8 heavy (non-hydrogen) atoms. The van der Waals surface area contributed by atoms with Crippen molar-refractivity contribution in [2.75, 3.05) is 7.11 Å². The third-order valence-corrected chi connectivity index (χ3v) is 0.470. The van der Waals surface area contributed by atoms with Crippen molar-refractivity contribution in [3.8, 4) is 0 Å². The fourth-order valence-electron chi connectivity index (χ4n) is 0.161. The Bertz CT molecular complexity index is 91.3. The van der Waals surface area contributed by atoms with Crippen LogP contribution in [0, 0.1) is 6.54 Å². The molecule has 0 unspecified atom stereocenters. The molecule has 0 aliphatic rings. The highest BCUT2D eigenvalue weighted by Crippen LogP contribution is 1.71. The number of methoxy groups -OCH3 is 1. The van der Waals surface area contributed by atoms with Crippen molar-refractivity contribution < 1.29 is 14.3 Å². The second-order valence-corrected chi connectivity index (χ2v) is 0.952. The van der Waals surface area contributed by atoms with Gasteiger partial charge in [0.25, 0.3) is 0 Å². The molecular formula is C4H6NO3. The number of esters is 1. The zero-order chi connectivity index (χ0) is 6.41. The summed E-state index contributed by atoms with van der Waals surface area (Å²) >= 11 is 0. The zero-order valence-electron chi connectivity index (χ0n) is 4.38. The number of nitrogens with one attached hydrogen (secondary N) is 1. The van der Waals surface area contributed by atoms with E-state index < -0.39 is 5.97 Å². The summed E-state index contributed by atoms with van der Waals surface area (Å²) < 4.78 is 4.14. The summed E-state index contributed by atoms with van der Waals surface area (Å²) in [4.78, 5) is 19.5. The van der Waals surface area contributed by atoms with Crippen LogP contribution in [0.4, 0.5) is 0 Å². The van der Waals surface area contributed by atoms with Crippen molar-refractivity contribution in [2.45, 2.75) is 0 Å². The van der Waals surface area contributed by atoms with Gasteiger partial charge in [0.15, 0.2) is 6.54 Å². The molecule has 0 heterocycles. The van der Waals surface area contributed by atoms with Crippen LogP contribution in [0.3, 0.4) is 0 Å². The van der Waals surface area contributed by atoms with Crippen LogP contribution in [0.2, 0.25) is 0 Å². The Balaban J connectivity index is 3.11. The van der Waals surface area contributed by atoms with Gasteiger partial charge >= 0.3 is 5.97 Å². The van der Waals surface area contributed by atoms with Gasteiger partial charge in [0.1, 0.15) is 0 Å². The van der Waals surface area contributed by atoms with Crippen LogP contribution in [0.15, 0.2) is 0 Å². The van der Waals surface area contributed by atoms with E-state index in [0.717, 1.165) is 6.54 Å². The summed E-state index contributed by atoms with van der Waals surface area (Å²) in [5, 5.41) is 2.02. The Labute approximate surface area is 46.8 Å². The lowest BCUT2D eigenvalue weighted by molar-refractivity contribution is -0.137. The van der Waals surface area contributed by atoms with E-state index in [9.17, 15) is 9.59 Å². The Morgan fingerprint density at radius 1 is 1.75 bits per heavy atom. The molecular weight excluding hydrogens is 110 g/mol. The third kappa shape index (κ3) is 3.14. The van der Waals surface area contributed by atoms with Gasteiger partial charge in [0, 0.05) is 0 Å². The molecule has 0 saturated carbocycles. The highest BCUT2D eigenvalue weighted by molar-refractivity contribution is 5.80. The smallest absolute Gasteiger partial charge is 0.331 e. The molecule has 0 aliphatic heterocycles. The summed E-state index contributed by atoms with van der Waals surface area (Å²) in [5.74, 6) is -0.572. The average Bonchev–Trinajstić information content (AvgIpc) is 1.83. The Kier molecular flexibility index (Phi) is 3.56. The fourth-order valence-corrected chi connectivity index (χ4v) is 0.161. The fraction of sp³-hybridized carbons (Fsp3) is 0.250. The van der Waals surface area contributed by atoms with Crippen LogP contribution in [0.1, 0.15) is 0 Å². The van der Waals surface area contributed by atoms with Crippen molar-refractivity contribution in [3.63, 3.8) is 0 Å². The topological polar surface area (TPSA) is 55.4 Å². The molecule has 1 amide bonds. The van der Waals surface area contributed by atoms with Crippen LogP contribution >= 0.6 is 0 Å². The van der Waals surface area contributed by atoms with E-state index in [4.69, 9.17) is 0 Å². The maximum Gasteiger partial charge on any atom is 0.331 e. The summed E-state index contributed by atoms with van der Waals surface area (Å²) in [5.41, 5.74) is 0. The summed E-state index contributed by atoms with van der Waals surface area (Å²) in [7, 11) is 1.23. The van der Waals surface area contributed by atoms with Gasteiger partial charge in [-0.2, -0.15) is 0 Å². The molecule has 0 fully saturated rings. The molecule has 0 aromatic heterocycles. The second-order valence-electron chi connectivity index (χ2n) is 0.952. The van der Waals surface area contributed by atoms with Crippen LogP contribution < -0.4 is 5.32 Å². The third-order valence-electron chi connectivity index (χ3n) is 0.470. The first-order valence-corrected chi connectivity index (χ1v) is 1.92.